The van der Waals surface area contributed by atoms with Crippen molar-refractivity contribution >= 4 is 31.9 Å². The number of aromatic amines is 1. The van der Waals surface area contributed by atoms with Gasteiger partial charge in [-0.15, -0.1) is 0 Å². The number of halogens is 2. The number of nitrogens with one attached hydrogen (secondary N) is 1. The van der Waals surface area contributed by atoms with Crippen LogP contribution in [-0.4, -0.2) is 33.8 Å². The molecular formula is C11H18Br2N2O2. The molecule has 0 spiro atoms. The van der Waals surface area contributed by atoms with Crippen molar-refractivity contribution in [2.24, 2.45) is 0 Å². The molecule has 0 aliphatic carbocycles. The fourth-order valence-corrected chi connectivity index (χ4v) is 2.01. The van der Waals surface area contributed by atoms with E-state index in [2.05, 4.69) is 41.8 Å². The lowest BCUT2D eigenvalue weighted by Gasteiger charge is -2.06. The van der Waals surface area contributed by atoms with Gasteiger partial charge in [0.15, 0.2) is 0 Å². The van der Waals surface area contributed by atoms with E-state index in [-0.39, 0.29) is 0 Å². The van der Waals surface area contributed by atoms with Crippen LogP contribution in [0.1, 0.15) is 25.7 Å². The van der Waals surface area contributed by atoms with Crippen molar-refractivity contribution < 1.29 is 9.47 Å². The highest BCUT2D eigenvalue weighted by Gasteiger charge is 2.07. The minimum Gasteiger partial charge on any atom is -0.475 e. The van der Waals surface area contributed by atoms with E-state index in [1.165, 1.54) is 0 Å². The maximum Gasteiger partial charge on any atom is 0.277 e. The Morgan fingerprint density at radius 3 is 2.29 bits per heavy atom. The lowest BCUT2D eigenvalue weighted by Crippen LogP contribution is -2.02. The molecule has 6 heteroatoms. The molecule has 0 saturated heterocycles. The summed E-state index contributed by atoms with van der Waals surface area (Å²) >= 11 is 6.77. The van der Waals surface area contributed by atoms with Gasteiger partial charge in [0.2, 0.25) is 0 Å². The molecule has 0 bridgehead atoms. The van der Waals surface area contributed by atoms with Crippen LogP contribution in [0.5, 0.6) is 11.8 Å². The van der Waals surface area contributed by atoms with E-state index in [1.807, 2.05) is 0 Å². The van der Waals surface area contributed by atoms with Crippen molar-refractivity contribution in [3.05, 3.63) is 6.33 Å². The van der Waals surface area contributed by atoms with Gasteiger partial charge in [0.25, 0.3) is 11.8 Å². The normalized spacial score (nSPS) is 10.5. The first kappa shape index (κ1) is 14.8. The van der Waals surface area contributed by atoms with Gasteiger partial charge >= 0.3 is 0 Å². The number of nitrogens with zero attached hydrogens (tertiary/aromatic N) is 1. The van der Waals surface area contributed by atoms with Crippen molar-refractivity contribution in [3.8, 4) is 11.8 Å². The summed E-state index contributed by atoms with van der Waals surface area (Å²) in [5.74, 6) is 1.21. The van der Waals surface area contributed by atoms with Crippen LogP contribution in [0.3, 0.4) is 0 Å². The molecule has 0 aliphatic rings. The number of unbranched alkanes of at least 4 members (excludes halogenated alkanes) is 2. The number of hydrogen-bond acceptors (Lipinski definition) is 3. The number of ether oxygens (including phenoxy) is 2. The summed E-state index contributed by atoms with van der Waals surface area (Å²) in [4.78, 5) is 7.03. The van der Waals surface area contributed by atoms with Crippen molar-refractivity contribution in [2.75, 3.05) is 23.9 Å². The van der Waals surface area contributed by atoms with Gasteiger partial charge in [-0.1, -0.05) is 31.9 Å². The molecule has 0 saturated carbocycles. The van der Waals surface area contributed by atoms with Crippen LogP contribution in [0.25, 0.3) is 0 Å². The number of hydrogen-bond donors (Lipinski definition) is 1. The van der Waals surface area contributed by atoms with Gasteiger partial charge in [0.05, 0.1) is 19.5 Å². The molecule has 0 fully saturated rings. The zero-order chi connectivity index (χ0) is 12.3. The molecule has 0 radical (unpaired) electrons. The molecule has 1 aromatic heterocycles. The average Bonchev–Trinajstić information content (AvgIpc) is 2.78. The Kier molecular flexibility index (Phi) is 8.52. The van der Waals surface area contributed by atoms with E-state index >= 15 is 0 Å². The molecule has 0 atom stereocenters. The summed E-state index contributed by atoms with van der Waals surface area (Å²) in [5.41, 5.74) is 0. The molecular weight excluding hydrogens is 352 g/mol. The smallest absolute Gasteiger partial charge is 0.277 e. The summed E-state index contributed by atoms with van der Waals surface area (Å²) in [6.07, 6.45) is 5.84. The standard InChI is InChI=1S/C11H18Br2N2O2/c12-5-1-3-7-16-10-11(15-9-14-10)17-8-4-2-6-13/h9H,1-8H2,(H,14,15). The molecule has 1 rings (SSSR count). The zero-order valence-corrected chi connectivity index (χ0v) is 12.9. The summed E-state index contributed by atoms with van der Waals surface area (Å²) < 4.78 is 11.1. The summed E-state index contributed by atoms with van der Waals surface area (Å²) in [6.45, 7) is 1.36. The molecule has 17 heavy (non-hydrogen) atoms. The summed E-state index contributed by atoms with van der Waals surface area (Å²) in [6, 6.07) is 0. The number of imidazole rings is 1. The van der Waals surface area contributed by atoms with Crippen LogP contribution >= 0.6 is 31.9 Å². The fourth-order valence-electron chi connectivity index (χ4n) is 1.21. The van der Waals surface area contributed by atoms with Crippen molar-refractivity contribution in [3.63, 3.8) is 0 Å². The van der Waals surface area contributed by atoms with Crippen LogP contribution in [0, 0.1) is 0 Å². The first-order chi connectivity index (χ1) is 8.38. The Hall–Kier alpha value is -0.230. The topological polar surface area (TPSA) is 47.1 Å². The van der Waals surface area contributed by atoms with Gasteiger partial charge in [-0.3, -0.25) is 0 Å². The molecule has 0 amide bonds. The predicted octanol–water partition coefficient (Wildman–Crippen LogP) is 3.52. The molecule has 1 aromatic rings. The Balaban J connectivity index is 2.22. The maximum absolute atomic E-state index is 5.56. The van der Waals surface area contributed by atoms with Crippen LogP contribution < -0.4 is 9.47 Å². The highest BCUT2D eigenvalue weighted by Crippen LogP contribution is 2.21. The summed E-state index contributed by atoms with van der Waals surface area (Å²) in [7, 11) is 0. The molecule has 1 N–H and O–H groups in total. The minimum absolute atomic E-state index is 0.568. The number of H-pyrrole nitrogens is 1. The lowest BCUT2D eigenvalue weighted by atomic mass is 10.4. The van der Waals surface area contributed by atoms with Gasteiger partial charge in [-0.05, 0) is 25.7 Å². The van der Waals surface area contributed by atoms with Gasteiger partial charge in [0, 0.05) is 10.7 Å². The Labute approximate surface area is 119 Å². The fraction of sp³-hybridized carbons (Fsp3) is 0.727. The van der Waals surface area contributed by atoms with Crippen molar-refractivity contribution in [1.29, 1.82) is 0 Å². The van der Waals surface area contributed by atoms with Gasteiger partial charge in [-0.2, -0.15) is 4.98 Å². The SMILES string of the molecule is BrCCCCOc1nc[nH]c1OCCCCBr. The molecule has 98 valence electrons. The Morgan fingerprint density at radius 1 is 1.00 bits per heavy atom. The van der Waals surface area contributed by atoms with E-state index in [0.29, 0.717) is 25.0 Å². The van der Waals surface area contributed by atoms with E-state index in [0.717, 1.165) is 36.3 Å². The van der Waals surface area contributed by atoms with E-state index in [1.54, 1.807) is 6.33 Å². The average molecular weight is 370 g/mol. The van der Waals surface area contributed by atoms with Crippen LogP contribution in [0.15, 0.2) is 6.33 Å². The molecule has 0 aromatic carbocycles. The number of rotatable bonds is 10. The minimum atomic E-state index is 0.568. The molecule has 0 unspecified atom stereocenters. The third-order valence-electron chi connectivity index (χ3n) is 2.11. The Morgan fingerprint density at radius 2 is 1.65 bits per heavy atom. The lowest BCUT2D eigenvalue weighted by molar-refractivity contribution is 0.252. The first-order valence-electron chi connectivity index (χ1n) is 5.79. The van der Waals surface area contributed by atoms with Crippen LogP contribution in [0.4, 0.5) is 0 Å². The number of alkyl halides is 2. The second kappa shape index (κ2) is 9.76. The second-order valence-electron chi connectivity index (χ2n) is 3.53. The van der Waals surface area contributed by atoms with E-state index in [9.17, 15) is 0 Å². The van der Waals surface area contributed by atoms with Crippen LogP contribution in [0.2, 0.25) is 0 Å². The van der Waals surface area contributed by atoms with Crippen molar-refractivity contribution in [1.82, 2.24) is 9.97 Å². The third-order valence-corrected chi connectivity index (χ3v) is 3.23. The predicted molar refractivity (Wildman–Crippen MR) is 75.6 cm³/mol. The molecule has 4 nitrogen and oxygen atoms in total. The second-order valence-corrected chi connectivity index (χ2v) is 5.11. The number of aromatic nitrogens is 2. The highest BCUT2D eigenvalue weighted by molar-refractivity contribution is 9.09. The maximum atomic E-state index is 5.56. The summed E-state index contributed by atoms with van der Waals surface area (Å²) in [5, 5.41) is 2.02. The molecule has 1 heterocycles. The van der Waals surface area contributed by atoms with Gasteiger partial charge in [0.1, 0.15) is 0 Å². The quantitative estimate of drug-likeness (QED) is 0.507. The van der Waals surface area contributed by atoms with Crippen LogP contribution in [-0.2, 0) is 0 Å². The van der Waals surface area contributed by atoms with Gasteiger partial charge < -0.3 is 14.5 Å². The Bertz CT molecular complexity index is 268. The van der Waals surface area contributed by atoms with Gasteiger partial charge in [-0.25, -0.2) is 0 Å². The largest absolute Gasteiger partial charge is 0.475 e. The monoisotopic (exact) mass is 368 g/mol. The van der Waals surface area contributed by atoms with E-state index < -0.39 is 0 Å². The third kappa shape index (κ3) is 6.31. The zero-order valence-electron chi connectivity index (χ0n) is 9.75. The highest BCUT2D eigenvalue weighted by atomic mass is 79.9. The van der Waals surface area contributed by atoms with Crippen molar-refractivity contribution in [2.45, 2.75) is 25.7 Å². The first-order valence-corrected chi connectivity index (χ1v) is 8.03. The van der Waals surface area contributed by atoms with E-state index in [4.69, 9.17) is 9.47 Å². The molecule has 0 aliphatic heterocycles.